The molecule has 4 rings (SSSR count). The molecule has 4 atom stereocenters. The lowest BCUT2D eigenvalue weighted by Gasteiger charge is -2.51. The average Bonchev–Trinajstić information content (AvgIpc) is 3.36. The summed E-state index contributed by atoms with van der Waals surface area (Å²) in [5.74, 6) is 0.264. The van der Waals surface area contributed by atoms with Gasteiger partial charge >= 0.3 is 17.1 Å². The van der Waals surface area contributed by atoms with Crippen LogP contribution < -0.4 is 0 Å². The summed E-state index contributed by atoms with van der Waals surface area (Å²) in [5, 5.41) is 27.0. The number of ether oxygens (including phenoxy) is 1. The van der Waals surface area contributed by atoms with Gasteiger partial charge in [0.2, 0.25) is 5.60 Å². The Kier molecular flexibility index (Phi) is 8.24. The minimum atomic E-state index is -3.07. The van der Waals surface area contributed by atoms with E-state index in [1.54, 1.807) is 11.2 Å². The summed E-state index contributed by atoms with van der Waals surface area (Å²) in [6.07, 6.45) is -0.144. The van der Waals surface area contributed by atoms with E-state index >= 15 is 0 Å². The fraction of sp³-hybridized carbons (Fsp3) is 0.704. The highest BCUT2D eigenvalue weighted by Crippen LogP contribution is 2.50. The van der Waals surface area contributed by atoms with Crippen LogP contribution in [-0.2, 0) is 23.3 Å². The topological polar surface area (TPSA) is 127 Å². The summed E-state index contributed by atoms with van der Waals surface area (Å²) >= 11 is 0. The third-order valence-electron chi connectivity index (χ3n) is 8.06. The van der Waals surface area contributed by atoms with Gasteiger partial charge in [0.05, 0.1) is 20.0 Å². The van der Waals surface area contributed by atoms with Crippen molar-refractivity contribution in [2.24, 2.45) is 4.99 Å². The number of fused-ring (bicyclic) bond motifs is 2. The maximum atomic E-state index is 12.0. The van der Waals surface area contributed by atoms with Crippen LogP contribution in [0.5, 0.6) is 0 Å². The summed E-state index contributed by atoms with van der Waals surface area (Å²) in [7, 11) is -2.26. The van der Waals surface area contributed by atoms with E-state index in [-0.39, 0.29) is 46.3 Å². The van der Waals surface area contributed by atoms with Crippen LogP contribution in [0.3, 0.4) is 0 Å². The van der Waals surface area contributed by atoms with Gasteiger partial charge in [-0.25, -0.2) is 14.5 Å². The first-order chi connectivity index (χ1) is 19.2. The quantitative estimate of drug-likeness (QED) is 0.284. The molecule has 0 radical (unpaired) electrons. The number of hydrogen-bond acceptors (Lipinski definition) is 9. The summed E-state index contributed by atoms with van der Waals surface area (Å²) in [5.41, 5.74) is -1.01. The molecule has 40 heavy (non-hydrogen) atoms. The predicted molar refractivity (Wildman–Crippen MR) is 157 cm³/mol. The molecule has 0 unspecified atom stereocenters. The summed E-state index contributed by atoms with van der Waals surface area (Å²) in [6.45, 7) is 17.0. The van der Waals surface area contributed by atoms with E-state index < -0.39 is 41.0 Å². The summed E-state index contributed by atoms with van der Waals surface area (Å²) in [4.78, 5) is 10.4. The van der Waals surface area contributed by atoms with Gasteiger partial charge < -0.3 is 27.7 Å². The Bertz CT molecular complexity index is 1310. The molecule has 0 amide bonds. The fourth-order valence-corrected chi connectivity index (χ4v) is 17.2. The van der Waals surface area contributed by atoms with Crippen molar-refractivity contribution in [2.45, 2.75) is 101 Å². The van der Waals surface area contributed by atoms with E-state index in [0.29, 0.717) is 5.52 Å². The maximum absolute atomic E-state index is 12.0. The number of nitriles is 1. The Morgan fingerprint density at radius 3 is 2.35 bits per heavy atom. The van der Waals surface area contributed by atoms with Crippen LogP contribution in [-0.4, -0.2) is 87.1 Å². The second-order valence-electron chi connectivity index (χ2n) is 12.2. The molecule has 2 aromatic heterocycles. The molecular formula is C27H44N6O5Si2. The highest BCUT2D eigenvalue weighted by molar-refractivity contribution is 6.84. The monoisotopic (exact) mass is 589 g/mol. The third-order valence-corrected chi connectivity index (χ3v) is 18.3. The summed E-state index contributed by atoms with van der Waals surface area (Å²) < 4.78 is 37.6. The molecule has 0 spiro atoms. The Balaban J connectivity index is 1.88. The fourth-order valence-electron chi connectivity index (χ4n) is 5.96. The normalized spacial score (nSPS) is 28.8. The zero-order chi connectivity index (χ0) is 30.5. The lowest BCUT2D eigenvalue weighted by molar-refractivity contribution is -0.0678. The van der Waals surface area contributed by atoms with Crippen LogP contribution in [0.1, 0.15) is 62.5 Å². The van der Waals surface area contributed by atoms with Crippen LogP contribution >= 0.6 is 0 Å². The van der Waals surface area contributed by atoms with E-state index in [2.05, 4.69) is 76.5 Å². The number of nitrogens with zero attached hydrogens (tertiary/aromatic N) is 6. The molecule has 2 aromatic rings. The van der Waals surface area contributed by atoms with Crippen LogP contribution in [0.15, 0.2) is 23.4 Å². The van der Waals surface area contributed by atoms with Crippen LogP contribution in [0.25, 0.3) is 5.52 Å². The Hall–Kier alpha value is -2.19. The van der Waals surface area contributed by atoms with Gasteiger partial charge in [0, 0.05) is 14.1 Å². The number of hydrogen-bond donors (Lipinski definition) is 1. The van der Waals surface area contributed by atoms with Gasteiger partial charge in [-0.05, 0) is 34.3 Å². The molecule has 11 nitrogen and oxygen atoms in total. The largest absolute Gasteiger partial charge is 0.414 e. The second-order valence-corrected chi connectivity index (χ2v) is 21.1. The molecule has 2 saturated heterocycles. The lowest BCUT2D eigenvalue weighted by atomic mass is 9.92. The molecule has 2 fully saturated rings. The molecular weight excluding hydrogens is 545 g/mol. The molecule has 2 aliphatic rings. The Labute approximate surface area is 241 Å². The zero-order valence-electron chi connectivity index (χ0n) is 26.2. The first-order valence-electron chi connectivity index (χ1n) is 14.5. The molecule has 2 aliphatic heterocycles. The van der Waals surface area contributed by atoms with Gasteiger partial charge in [0.1, 0.15) is 36.2 Å². The molecule has 13 heteroatoms. The molecule has 0 aliphatic carbocycles. The summed E-state index contributed by atoms with van der Waals surface area (Å²) in [6, 6.07) is 3.78. The molecule has 0 bridgehead atoms. The van der Waals surface area contributed by atoms with Crippen molar-refractivity contribution in [1.29, 1.82) is 5.26 Å². The van der Waals surface area contributed by atoms with E-state index in [1.807, 2.05) is 14.1 Å². The van der Waals surface area contributed by atoms with Gasteiger partial charge in [-0.15, -0.1) is 0 Å². The van der Waals surface area contributed by atoms with E-state index in [0.717, 1.165) is 0 Å². The minimum absolute atomic E-state index is 0.0392. The number of aliphatic imine (C=N–C) groups is 1. The number of aliphatic hydroxyl groups excluding tert-OH is 1. The second kappa shape index (κ2) is 11.2. The molecule has 220 valence electrons. The highest BCUT2D eigenvalue weighted by atomic mass is 28.5. The Morgan fingerprint density at radius 2 is 1.80 bits per heavy atom. The molecule has 1 N–H and O–H groups in total. The standard InChI is InChI=1S/C27H44N6O5Si2/c1-17(2)39(18(3)4)35-13-22-24(37-40(38-39,19(5)6)20(7)8)25(34)27(14-28,36-22)23-12-11-21-26(30-16-32(9)10)29-15-31-33(21)23/h11-12,15-20,22,24-25,34H,13H2,1-10H3/t22-,24-,25-,27+/m1/s1/i11D. The third kappa shape index (κ3) is 4.83. The SMILES string of the molecule is [2H]c1cc([C@]2(C#N)O[C@@H]3CO[Si](C(C)C)(C(C)C)O[Si](C(C)C)(C(C)C)O[C@H]3[C@H]2O)n2ncnc(N=CN(C)C)c12. The lowest BCUT2D eigenvalue weighted by Crippen LogP contribution is -2.66. The van der Waals surface area contributed by atoms with Crippen molar-refractivity contribution < 1.29 is 24.2 Å². The zero-order valence-corrected chi connectivity index (χ0v) is 27.2. The van der Waals surface area contributed by atoms with E-state index in [9.17, 15) is 10.4 Å². The maximum Gasteiger partial charge on any atom is 0.335 e. The van der Waals surface area contributed by atoms with Gasteiger partial charge in [0.25, 0.3) is 0 Å². The Morgan fingerprint density at radius 1 is 1.18 bits per heavy atom. The smallest absolute Gasteiger partial charge is 0.335 e. The van der Waals surface area contributed by atoms with Crippen molar-refractivity contribution in [3.8, 4) is 6.07 Å². The number of aliphatic hydroxyl groups is 1. The molecule has 0 saturated carbocycles. The predicted octanol–water partition coefficient (Wildman–Crippen LogP) is 4.39. The van der Waals surface area contributed by atoms with Gasteiger partial charge in [-0.2, -0.15) is 10.4 Å². The number of rotatable bonds is 7. The van der Waals surface area contributed by atoms with Gasteiger partial charge in [-0.3, -0.25) is 0 Å². The highest BCUT2D eigenvalue weighted by Gasteiger charge is 2.65. The minimum Gasteiger partial charge on any atom is -0.414 e. The van der Waals surface area contributed by atoms with Crippen molar-refractivity contribution in [3.05, 3.63) is 24.1 Å². The van der Waals surface area contributed by atoms with Crippen LogP contribution in [0.2, 0.25) is 22.2 Å². The van der Waals surface area contributed by atoms with Crippen molar-refractivity contribution in [2.75, 3.05) is 20.7 Å². The van der Waals surface area contributed by atoms with Crippen molar-refractivity contribution >= 4 is 34.8 Å². The first kappa shape index (κ1) is 29.3. The van der Waals surface area contributed by atoms with E-state index in [4.69, 9.17) is 19.1 Å². The molecule has 0 aromatic carbocycles. The average molecular weight is 590 g/mol. The van der Waals surface area contributed by atoms with Gasteiger partial charge in [-0.1, -0.05) is 55.4 Å². The van der Waals surface area contributed by atoms with Gasteiger partial charge in [0.15, 0.2) is 5.82 Å². The van der Waals surface area contributed by atoms with Crippen molar-refractivity contribution in [3.63, 3.8) is 0 Å². The van der Waals surface area contributed by atoms with Crippen LogP contribution in [0, 0.1) is 11.3 Å². The first-order valence-corrected chi connectivity index (χ1v) is 17.9. The van der Waals surface area contributed by atoms with Crippen LogP contribution in [0.4, 0.5) is 5.82 Å². The molecule has 4 heterocycles. The van der Waals surface area contributed by atoms with E-state index in [1.165, 1.54) is 16.9 Å². The number of aromatic nitrogens is 3. The van der Waals surface area contributed by atoms with Crippen molar-refractivity contribution in [1.82, 2.24) is 19.5 Å².